The molecule has 0 bridgehead atoms. The summed E-state index contributed by atoms with van der Waals surface area (Å²) in [4.78, 5) is 20.2. The Labute approximate surface area is 214 Å². The molecule has 9 nitrogen and oxygen atoms in total. The molecule has 3 rings (SSSR count). The Morgan fingerprint density at radius 1 is 0.946 bits per heavy atom. The van der Waals surface area contributed by atoms with Crippen molar-refractivity contribution in [1.29, 1.82) is 0 Å². The van der Waals surface area contributed by atoms with Crippen LogP contribution in [-0.2, 0) is 0 Å². The molecule has 0 aliphatic rings. The van der Waals surface area contributed by atoms with Crippen molar-refractivity contribution in [3.63, 3.8) is 0 Å². The van der Waals surface area contributed by atoms with Gasteiger partial charge in [-0.2, -0.15) is 5.10 Å². The van der Waals surface area contributed by atoms with Gasteiger partial charge in [0.05, 0.1) is 11.9 Å². The number of ether oxygens (including phenoxy) is 1. The molecule has 0 aliphatic carbocycles. The summed E-state index contributed by atoms with van der Waals surface area (Å²) in [5, 5.41) is 6.50. The van der Waals surface area contributed by atoms with Crippen LogP contribution < -0.4 is 26.9 Å². The number of hydrogen-bond donors (Lipinski definition) is 4. The number of amidine groups is 1. The van der Waals surface area contributed by atoms with E-state index in [1.165, 1.54) is 24.7 Å². The van der Waals surface area contributed by atoms with Crippen LogP contribution in [0.2, 0.25) is 0 Å². The lowest BCUT2D eigenvalue weighted by molar-refractivity contribution is -0.274. The number of nitrogens with one attached hydrogen (secondary N) is 2. The smallest absolute Gasteiger partial charge is 0.406 e. The van der Waals surface area contributed by atoms with E-state index in [-0.39, 0.29) is 16.7 Å². The van der Waals surface area contributed by atoms with E-state index in [9.17, 15) is 18.0 Å². The van der Waals surface area contributed by atoms with Gasteiger partial charge in [0.2, 0.25) is 0 Å². The number of carbonyl (C=O) groups excluding carboxylic acids is 1. The number of amides is 1. The average Bonchev–Trinajstić information content (AvgIpc) is 2.85. The first-order valence-electron chi connectivity index (χ1n) is 10.4. The zero-order chi connectivity index (χ0) is 26.8. The number of nitrogen functional groups attached to an aromatic ring is 1. The standard InChI is InChI=1S/C24H20F3N7O2S/c25-24(26,27)36-20-11-9-19(10-12-20)30-14-31-21(29)16-3-1-15(2-4-16)13-32-34-23(37)33-22(35)17-5-7-18(28)8-6-17/h1-14H,28H2,(H2,29,30,31)(H2,33,34,35,37)/b32-13+. The number of alkyl halides is 3. The zero-order valence-electron chi connectivity index (χ0n) is 18.9. The number of halogens is 3. The highest BCUT2D eigenvalue weighted by atomic mass is 32.1. The van der Waals surface area contributed by atoms with Crippen molar-refractivity contribution in [3.8, 4) is 5.75 Å². The van der Waals surface area contributed by atoms with Gasteiger partial charge in [-0.15, -0.1) is 13.2 Å². The second-order valence-electron chi connectivity index (χ2n) is 7.20. The van der Waals surface area contributed by atoms with E-state index < -0.39 is 12.3 Å². The highest BCUT2D eigenvalue weighted by Gasteiger charge is 2.30. The molecule has 0 atom stereocenters. The molecule has 0 fully saturated rings. The number of benzene rings is 3. The summed E-state index contributed by atoms with van der Waals surface area (Å²) in [5.74, 6) is -0.574. The molecular weight excluding hydrogens is 507 g/mol. The van der Waals surface area contributed by atoms with Crippen molar-refractivity contribution in [3.05, 3.63) is 89.5 Å². The molecule has 190 valence electrons. The fourth-order valence-corrected chi connectivity index (χ4v) is 2.85. The summed E-state index contributed by atoms with van der Waals surface area (Å²) in [7, 11) is 0. The molecule has 1 amide bonds. The first kappa shape index (κ1) is 26.8. The molecule has 0 aromatic heterocycles. The van der Waals surface area contributed by atoms with Crippen molar-refractivity contribution >= 4 is 53.0 Å². The number of aliphatic imine (C=N–C) groups is 2. The third-order valence-electron chi connectivity index (χ3n) is 4.46. The van der Waals surface area contributed by atoms with Gasteiger partial charge < -0.3 is 16.2 Å². The lowest BCUT2D eigenvalue weighted by atomic mass is 10.1. The Morgan fingerprint density at radius 3 is 2.19 bits per heavy atom. The van der Waals surface area contributed by atoms with Crippen molar-refractivity contribution in [1.82, 2.24) is 10.7 Å². The summed E-state index contributed by atoms with van der Waals surface area (Å²) in [6.07, 6.45) is -2.08. The summed E-state index contributed by atoms with van der Waals surface area (Å²) >= 11 is 5.05. The maximum atomic E-state index is 12.2. The molecule has 0 unspecified atom stereocenters. The molecule has 3 aromatic carbocycles. The van der Waals surface area contributed by atoms with Crippen molar-refractivity contribution in [2.75, 3.05) is 5.73 Å². The molecule has 37 heavy (non-hydrogen) atoms. The summed E-state index contributed by atoms with van der Waals surface area (Å²) in [5.41, 5.74) is 16.7. The normalized spacial score (nSPS) is 12.0. The summed E-state index contributed by atoms with van der Waals surface area (Å²) in [6.45, 7) is 0. The van der Waals surface area contributed by atoms with Gasteiger partial charge in [0.1, 0.15) is 17.9 Å². The number of nitrogens with two attached hydrogens (primary N) is 2. The molecular formula is C24H20F3N7O2S. The first-order chi connectivity index (χ1) is 17.6. The number of hydrazone groups is 1. The van der Waals surface area contributed by atoms with Crippen LogP contribution in [0.25, 0.3) is 0 Å². The molecule has 0 radical (unpaired) electrons. The van der Waals surface area contributed by atoms with Crippen LogP contribution in [0.4, 0.5) is 24.5 Å². The van der Waals surface area contributed by atoms with E-state index in [1.54, 1.807) is 48.5 Å². The van der Waals surface area contributed by atoms with Gasteiger partial charge >= 0.3 is 6.36 Å². The number of hydrogen-bond acceptors (Lipinski definition) is 6. The SMILES string of the molecule is NC(=NC=Nc1ccc(OC(F)(F)F)cc1)c1ccc(/C=N/NC(=S)NC(=O)c2ccc(N)cc2)cc1. The number of rotatable bonds is 7. The van der Waals surface area contributed by atoms with Crippen LogP contribution in [-0.4, -0.2) is 35.8 Å². The van der Waals surface area contributed by atoms with E-state index in [4.69, 9.17) is 23.7 Å². The minimum atomic E-state index is -4.76. The monoisotopic (exact) mass is 527 g/mol. The predicted molar refractivity (Wildman–Crippen MR) is 140 cm³/mol. The fourth-order valence-electron chi connectivity index (χ4n) is 2.71. The van der Waals surface area contributed by atoms with E-state index in [1.807, 2.05) is 0 Å². The van der Waals surface area contributed by atoms with Crippen LogP contribution in [0.3, 0.4) is 0 Å². The van der Waals surface area contributed by atoms with Crippen LogP contribution in [0.1, 0.15) is 21.5 Å². The topological polar surface area (TPSA) is 139 Å². The molecule has 3 aromatic rings. The second-order valence-corrected chi connectivity index (χ2v) is 7.61. The largest absolute Gasteiger partial charge is 0.573 e. The third-order valence-corrected chi connectivity index (χ3v) is 4.65. The summed E-state index contributed by atoms with van der Waals surface area (Å²) in [6, 6.07) is 18.2. The van der Waals surface area contributed by atoms with Gasteiger partial charge in [-0.25, -0.2) is 9.98 Å². The second kappa shape index (κ2) is 12.3. The van der Waals surface area contributed by atoms with Gasteiger partial charge in [-0.05, 0) is 66.3 Å². The Hall–Kier alpha value is -4.78. The maximum absolute atomic E-state index is 12.2. The van der Waals surface area contributed by atoms with Gasteiger partial charge in [-0.3, -0.25) is 15.5 Å². The van der Waals surface area contributed by atoms with Crippen LogP contribution in [0.5, 0.6) is 5.75 Å². The number of anilines is 1. The number of thiocarbonyl (C=S) groups is 1. The number of nitrogens with zero attached hydrogens (tertiary/aromatic N) is 3. The maximum Gasteiger partial charge on any atom is 0.573 e. The van der Waals surface area contributed by atoms with Crippen molar-refractivity contribution in [2.45, 2.75) is 6.36 Å². The van der Waals surface area contributed by atoms with Gasteiger partial charge in [-0.1, -0.05) is 24.3 Å². The van der Waals surface area contributed by atoms with E-state index in [0.717, 1.165) is 12.1 Å². The quantitative estimate of drug-likeness (QED) is 0.121. The zero-order valence-corrected chi connectivity index (χ0v) is 19.8. The van der Waals surface area contributed by atoms with Crippen molar-refractivity contribution in [2.24, 2.45) is 20.8 Å². The lowest BCUT2D eigenvalue weighted by Gasteiger charge is -2.08. The molecule has 0 spiro atoms. The Bertz CT molecular complexity index is 1320. The van der Waals surface area contributed by atoms with Crippen LogP contribution >= 0.6 is 12.2 Å². The highest BCUT2D eigenvalue weighted by molar-refractivity contribution is 7.80. The molecule has 0 aliphatic heterocycles. The Morgan fingerprint density at radius 2 is 1.57 bits per heavy atom. The van der Waals surface area contributed by atoms with Crippen molar-refractivity contribution < 1.29 is 22.7 Å². The minimum Gasteiger partial charge on any atom is -0.406 e. The highest BCUT2D eigenvalue weighted by Crippen LogP contribution is 2.24. The molecule has 0 saturated carbocycles. The van der Waals surface area contributed by atoms with Crippen LogP contribution in [0, 0.1) is 0 Å². The van der Waals surface area contributed by atoms with Gasteiger partial charge in [0, 0.05) is 16.8 Å². The molecule has 0 heterocycles. The summed E-state index contributed by atoms with van der Waals surface area (Å²) < 4.78 is 40.4. The van der Waals surface area contributed by atoms with E-state index in [0.29, 0.717) is 28.1 Å². The van der Waals surface area contributed by atoms with E-state index in [2.05, 4.69) is 30.6 Å². The fraction of sp³-hybridized carbons (Fsp3) is 0.0417. The molecule has 6 N–H and O–H groups in total. The molecule has 0 saturated heterocycles. The average molecular weight is 528 g/mol. The predicted octanol–water partition coefficient (Wildman–Crippen LogP) is 3.87. The Kier molecular flexibility index (Phi) is 8.89. The van der Waals surface area contributed by atoms with Gasteiger partial charge in [0.25, 0.3) is 5.91 Å². The lowest BCUT2D eigenvalue weighted by Crippen LogP contribution is -2.36. The minimum absolute atomic E-state index is 0.0212. The Balaban J connectivity index is 1.49. The first-order valence-corrected chi connectivity index (χ1v) is 10.8. The molecule has 13 heteroatoms. The van der Waals surface area contributed by atoms with E-state index >= 15 is 0 Å². The van der Waals surface area contributed by atoms with Gasteiger partial charge in [0.15, 0.2) is 5.11 Å². The van der Waals surface area contributed by atoms with Crippen LogP contribution in [0.15, 0.2) is 87.9 Å². The number of carbonyl (C=O) groups is 1. The third kappa shape index (κ3) is 9.07.